The Kier molecular flexibility index (Phi) is 4.88. The molecule has 24 heavy (non-hydrogen) atoms. The van der Waals surface area contributed by atoms with Crippen molar-refractivity contribution in [3.8, 4) is 0 Å². The summed E-state index contributed by atoms with van der Waals surface area (Å²) >= 11 is 1.79. The highest BCUT2D eigenvalue weighted by atomic mass is 32.1. The van der Waals surface area contributed by atoms with E-state index >= 15 is 0 Å². The summed E-state index contributed by atoms with van der Waals surface area (Å²) in [5.74, 6) is 0. The van der Waals surface area contributed by atoms with Crippen molar-refractivity contribution in [1.29, 1.82) is 0 Å². The lowest BCUT2D eigenvalue weighted by Gasteiger charge is -2.21. The van der Waals surface area contributed by atoms with E-state index in [1.165, 1.54) is 29.6 Å². The third kappa shape index (κ3) is 3.83. The molecule has 2 aromatic heterocycles. The minimum Gasteiger partial charge on any atom is -0.298 e. The fourth-order valence-electron chi connectivity index (χ4n) is 3.41. The maximum absolute atomic E-state index is 4.83. The number of hydrogen-bond acceptors (Lipinski definition) is 4. The van der Waals surface area contributed by atoms with Gasteiger partial charge in [-0.2, -0.15) is 11.3 Å². The van der Waals surface area contributed by atoms with Crippen LogP contribution in [0.2, 0.25) is 0 Å². The molecule has 1 aliphatic rings. The van der Waals surface area contributed by atoms with E-state index in [1.54, 1.807) is 11.3 Å². The van der Waals surface area contributed by atoms with Gasteiger partial charge >= 0.3 is 0 Å². The quantitative estimate of drug-likeness (QED) is 0.717. The van der Waals surface area contributed by atoms with Gasteiger partial charge in [-0.3, -0.25) is 14.8 Å². The molecule has 1 saturated heterocycles. The molecule has 0 N–H and O–H groups in total. The second kappa shape index (κ2) is 7.43. The Hall–Kier alpha value is -1.75. The van der Waals surface area contributed by atoms with Crippen LogP contribution in [0, 0.1) is 0 Å². The molecule has 1 aliphatic heterocycles. The van der Waals surface area contributed by atoms with Crippen LogP contribution in [0.15, 0.2) is 53.2 Å². The first-order valence-electron chi connectivity index (χ1n) is 8.67. The van der Waals surface area contributed by atoms with E-state index in [0.717, 1.165) is 38.2 Å². The molecule has 1 aromatic carbocycles. The number of fused-ring (bicyclic) bond motifs is 1. The molecule has 3 heterocycles. The Bertz CT molecular complexity index is 784. The monoisotopic (exact) mass is 337 g/mol. The summed E-state index contributed by atoms with van der Waals surface area (Å²) in [6, 6.07) is 15.0. The third-order valence-corrected chi connectivity index (χ3v) is 5.44. The van der Waals surface area contributed by atoms with Gasteiger partial charge in [0, 0.05) is 31.6 Å². The number of aromatic nitrogens is 1. The minimum absolute atomic E-state index is 0.955. The van der Waals surface area contributed by atoms with Crippen LogP contribution < -0.4 is 0 Å². The van der Waals surface area contributed by atoms with Crippen LogP contribution in [0.5, 0.6) is 0 Å². The molecule has 0 aliphatic carbocycles. The maximum Gasteiger partial charge on any atom is 0.0705 e. The van der Waals surface area contributed by atoms with Gasteiger partial charge in [-0.1, -0.05) is 24.3 Å². The minimum atomic E-state index is 0.955. The van der Waals surface area contributed by atoms with Crippen LogP contribution in [-0.4, -0.2) is 41.0 Å². The van der Waals surface area contributed by atoms with Crippen LogP contribution in [0.1, 0.15) is 17.7 Å². The number of pyridine rings is 1. The van der Waals surface area contributed by atoms with Crippen LogP contribution in [0.4, 0.5) is 0 Å². The Morgan fingerprint density at radius 1 is 0.875 bits per heavy atom. The van der Waals surface area contributed by atoms with Gasteiger partial charge in [-0.05, 0) is 54.0 Å². The maximum atomic E-state index is 4.83. The first kappa shape index (κ1) is 15.8. The molecule has 4 heteroatoms. The Morgan fingerprint density at radius 3 is 2.54 bits per heavy atom. The third-order valence-electron chi connectivity index (χ3n) is 4.71. The molecule has 0 amide bonds. The largest absolute Gasteiger partial charge is 0.298 e. The molecule has 0 bridgehead atoms. The molecular formula is C20H23N3S. The summed E-state index contributed by atoms with van der Waals surface area (Å²) in [5, 5.41) is 5.66. The highest BCUT2D eigenvalue weighted by Crippen LogP contribution is 2.15. The van der Waals surface area contributed by atoms with Crippen molar-refractivity contribution < 1.29 is 0 Å². The average Bonchev–Trinajstić information content (AvgIpc) is 3.02. The standard InChI is InChI=1S/C20H23N3S/c1-2-5-20-18(4-1)6-7-19(21-20)15-23-10-3-9-22(11-12-23)14-17-8-13-24-16-17/h1-2,4-8,13,16H,3,9-12,14-15H2. The molecule has 0 spiro atoms. The van der Waals surface area contributed by atoms with Crippen molar-refractivity contribution in [2.45, 2.75) is 19.5 Å². The lowest BCUT2D eigenvalue weighted by Crippen LogP contribution is -2.30. The lowest BCUT2D eigenvalue weighted by molar-refractivity contribution is 0.246. The Balaban J connectivity index is 1.38. The van der Waals surface area contributed by atoms with Gasteiger partial charge in [0.25, 0.3) is 0 Å². The molecule has 3 aromatic rings. The van der Waals surface area contributed by atoms with Gasteiger partial charge in [0.15, 0.2) is 0 Å². The van der Waals surface area contributed by atoms with E-state index in [4.69, 9.17) is 4.98 Å². The fraction of sp³-hybridized carbons (Fsp3) is 0.350. The Morgan fingerprint density at radius 2 is 1.71 bits per heavy atom. The van der Waals surface area contributed by atoms with Crippen molar-refractivity contribution in [3.63, 3.8) is 0 Å². The normalized spacial score (nSPS) is 17.2. The van der Waals surface area contributed by atoms with E-state index in [-0.39, 0.29) is 0 Å². The van der Waals surface area contributed by atoms with Gasteiger partial charge in [0.1, 0.15) is 0 Å². The second-order valence-electron chi connectivity index (χ2n) is 6.53. The van der Waals surface area contributed by atoms with Crippen molar-refractivity contribution in [2.75, 3.05) is 26.2 Å². The van der Waals surface area contributed by atoms with E-state index in [0.29, 0.717) is 0 Å². The van der Waals surface area contributed by atoms with Crippen molar-refractivity contribution in [1.82, 2.24) is 14.8 Å². The fourth-order valence-corrected chi connectivity index (χ4v) is 4.07. The van der Waals surface area contributed by atoms with Crippen molar-refractivity contribution in [3.05, 3.63) is 64.5 Å². The predicted octanol–water partition coefficient (Wildman–Crippen LogP) is 4.00. The average molecular weight is 337 g/mol. The van der Waals surface area contributed by atoms with Crippen molar-refractivity contribution >= 4 is 22.2 Å². The summed E-state index contributed by atoms with van der Waals surface area (Å²) in [7, 11) is 0. The van der Waals surface area contributed by atoms with Crippen LogP contribution in [0.25, 0.3) is 10.9 Å². The van der Waals surface area contributed by atoms with E-state index in [9.17, 15) is 0 Å². The number of rotatable bonds is 4. The van der Waals surface area contributed by atoms with Crippen LogP contribution in [0.3, 0.4) is 0 Å². The summed E-state index contributed by atoms with van der Waals surface area (Å²) in [4.78, 5) is 9.95. The van der Waals surface area contributed by atoms with Gasteiger partial charge in [-0.15, -0.1) is 0 Å². The Labute approximate surface area is 147 Å². The predicted molar refractivity (Wildman–Crippen MR) is 101 cm³/mol. The molecular weight excluding hydrogens is 314 g/mol. The molecule has 124 valence electrons. The van der Waals surface area contributed by atoms with Crippen molar-refractivity contribution in [2.24, 2.45) is 0 Å². The van der Waals surface area contributed by atoms with Gasteiger partial charge in [-0.25, -0.2) is 0 Å². The molecule has 1 fully saturated rings. The van der Waals surface area contributed by atoms with E-state index < -0.39 is 0 Å². The smallest absolute Gasteiger partial charge is 0.0705 e. The zero-order valence-corrected chi connectivity index (χ0v) is 14.7. The molecule has 3 nitrogen and oxygen atoms in total. The highest BCUT2D eigenvalue weighted by molar-refractivity contribution is 7.07. The lowest BCUT2D eigenvalue weighted by atomic mass is 10.2. The van der Waals surface area contributed by atoms with E-state index in [2.05, 4.69) is 63.0 Å². The molecule has 0 atom stereocenters. The number of benzene rings is 1. The first-order valence-corrected chi connectivity index (χ1v) is 9.61. The first-order chi connectivity index (χ1) is 11.9. The SMILES string of the molecule is c1ccc2nc(CN3CCCN(Cc4ccsc4)CC3)ccc2c1. The van der Waals surface area contributed by atoms with Gasteiger partial charge in [0.2, 0.25) is 0 Å². The zero-order valence-electron chi connectivity index (χ0n) is 13.9. The number of thiophene rings is 1. The molecule has 0 saturated carbocycles. The summed E-state index contributed by atoms with van der Waals surface area (Å²) in [6.07, 6.45) is 1.23. The molecule has 4 rings (SSSR count). The molecule has 0 radical (unpaired) electrons. The number of hydrogen-bond donors (Lipinski definition) is 0. The van der Waals surface area contributed by atoms with Gasteiger partial charge < -0.3 is 0 Å². The zero-order chi connectivity index (χ0) is 16.2. The number of para-hydroxylation sites is 1. The summed E-state index contributed by atoms with van der Waals surface area (Å²) in [5.41, 5.74) is 3.73. The van der Waals surface area contributed by atoms with E-state index in [1.807, 2.05) is 0 Å². The summed E-state index contributed by atoms with van der Waals surface area (Å²) < 4.78 is 0. The van der Waals surface area contributed by atoms with Crippen LogP contribution >= 0.6 is 11.3 Å². The topological polar surface area (TPSA) is 19.4 Å². The second-order valence-corrected chi connectivity index (χ2v) is 7.31. The molecule has 0 unspecified atom stereocenters. The van der Waals surface area contributed by atoms with Gasteiger partial charge in [0.05, 0.1) is 11.2 Å². The number of nitrogens with zero attached hydrogens (tertiary/aromatic N) is 3. The highest BCUT2D eigenvalue weighted by Gasteiger charge is 2.15. The summed E-state index contributed by atoms with van der Waals surface area (Å²) in [6.45, 7) is 6.66. The van der Waals surface area contributed by atoms with Crippen LogP contribution in [-0.2, 0) is 13.1 Å².